The third kappa shape index (κ3) is 2.22. The fraction of sp³-hybridized carbons (Fsp3) is 0.176. The van der Waals surface area contributed by atoms with Crippen LogP contribution in [-0.4, -0.2) is 7.11 Å². The quantitative estimate of drug-likeness (QED) is 0.794. The molecule has 0 unspecified atom stereocenters. The van der Waals surface area contributed by atoms with Gasteiger partial charge in [0.2, 0.25) is 0 Å². The van der Waals surface area contributed by atoms with Gasteiger partial charge in [-0.1, -0.05) is 24.3 Å². The minimum atomic E-state index is 0.0818. The van der Waals surface area contributed by atoms with E-state index in [-0.39, 0.29) is 6.10 Å². The van der Waals surface area contributed by atoms with E-state index in [9.17, 15) is 0 Å². The maximum absolute atomic E-state index is 5.99. The highest BCUT2D eigenvalue weighted by Gasteiger charge is 2.18. The molecule has 0 saturated carbocycles. The first-order valence-electron chi connectivity index (χ1n) is 6.39. The van der Waals surface area contributed by atoms with Gasteiger partial charge in [0, 0.05) is 5.56 Å². The Morgan fingerprint density at radius 1 is 1.00 bits per heavy atom. The standard InChI is InChI=1S/C17H16O2/c1-12-16-6-4-3-5-14(16)11-17(19-12)13-7-9-15(18-2)10-8-13/h3-12H,1-2H3/t12-/m0/s1. The summed E-state index contributed by atoms with van der Waals surface area (Å²) in [5.74, 6) is 1.77. The van der Waals surface area contributed by atoms with Crippen LogP contribution in [0.25, 0.3) is 11.8 Å². The molecule has 0 aromatic heterocycles. The van der Waals surface area contributed by atoms with Crippen molar-refractivity contribution in [3.05, 3.63) is 65.2 Å². The highest BCUT2D eigenvalue weighted by atomic mass is 16.5. The van der Waals surface area contributed by atoms with E-state index in [1.807, 2.05) is 30.3 Å². The number of hydrogen-bond acceptors (Lipinski definition) is 2. The van der Waals surface area contributed by atoms with E-state index in [0.717, 1.165) is 17.1 Å². The number of benzene rings is 2. The van der Waals surface area contributed by atoms with E-state index < -0.39 is 0 Å². The SMILES string of the molecule is COc1ccc(C2=Cc3ccccc3[C@H](C)O2)cc1. The third-order valence-electron chi connectivity index (χ3n) is 3.40. The Kier molecular flexibility index (Phi) is 3.00. The Morgan fingerprint density at radius 2 is 1.74 bits per heavy atom. The number of ether oxygens (including phenoxy) is 2. The molecule has 0 saturated heterocycles. The monoisotopic (exact) mass is 252 g/mol. The van der Waals surface area contributed by atoms with Gasteiger partial charge < -0.3 is 9.47 Å². The summed E-state index contributed by atoms with van der Waals surface area (Å²) in [6.07, 6.45) is 2.18. The lowest BCUT2D eigenvalue weighted by atomic mass is 9.98. The highest BCUT2D eigenvalue weighted by Crippen LogP contribution is 2.35. The molecular weight excluding hydrogens is 236 g/mol. The molecular formula is C17H16O2. The normalized spacial score (nSPS) is 17.2. The predicted octanol–water partition coefficient (Wildman–Crippen LogP) is 4.28. The molecule has 0 N–H and O–H groups in total. The molecule has 0 fully saturated rings. The molecule has 2 nitrogen and oxygen atoms in total. The van der Waals surface area contributed by atoms with Crippen molar-refractivity contribution in [1.29, 1.82) is 0 Å². The molecule has 1 heterocycles. The molecule has 1 aliphatic heterocycles. The zero-order valence-electron chi connectivity index (χ0n) is 11.1. The highest BCUT2D eigenvalue weighted by molar-refractivity contribution is 5.80. The fourth-order valence-corrected chi connectivity index (χ4v) is 2.35. The first kappa shape index (κ1) is 11.8. The Hall–Kier alpha value is -2.22. The first-order chi connectivity index (χ1) is 9.28. The summed E-state index contributed by atoms with van der Waals surface area (Å²) in [7, 11) is 1.67. The minimum Gasteiger partial charge on any atom is -0.497 e. The molecule has 0 spiro atoms. The van der Waals surface area contributed by atoms with Crippen molar-refractivity contribution in [3.8, 4) is 5.75 Å². The summed E-state index contributed by atoms with van der Waals surface area (Å²) in [6.45, 7) is 2.08. The van der Waals surface area contributed by atoms with Crippen LogP contribution in [0.2, 0.25) is 0 Å². The maximum atomic E-state index is 5.99. The van der Waals surface area contributed by atoms with Crippen LogP contribution < -0.4 is 4.74 Å². The lowest BCUT2D eigenvalue weighted by Crippen LogP contribution is -2.06. The Morgan fingerprint density at radius 3 is 2.47 bits per heavy atom. The first-order valence-corrected chi connectivity index (χ1v) is 6.39. The summed E-state index contributed by atoms with van der Waals surface area (Å²) >= 11 is 0. The van der Waals surface area contributed by atoms with Gasteiger partial charge in [0.1, 0.15) is 17.6 Å². The van der Waals surface area contributed by atoms with Crippen molar-refractivity contribution in [2.75, 3.05) is 7.11 Å². The van der Waals surface area contributed by atoms with Gasteiger partial charge in [-0.2, -0.15) is 0 Å². The maximum Gasteiger partial charge on any atom is 0.128 e. The van der Waals surface area contributed by atoms with Crippen LogP contribution in [0.3, 0.4) is 0 Å². The average Bonchev–Trinajstić information content (AvgIpc) is 2.47. The van der Waals surface area contributed by atoms with Gasteiger partial charge in [-0.25, -0.2) is 0 Å². The summed E-state index contributed by atoms with van der Waals surface area (Å²) in [4.78, 5) is 0. The minimum absolute atomic E-state index is 0.0818. The van der Waals surface area contributed by atoms with Crippen molar-refractivity contribution in [3.63, 3.8) is 0 Å². The molecule has 0 bridgehead atoms. The lowest BCUT2D eigenvalue weighted by molar-refractivity contribution is 0.186. The number of hydrogen-bond donors (Lipinski definition) is 0. The second-order valence-electron chi connectivity index (χ2n) is 4.63. The van der Waals surface area contributed by atoms with Gasteiger partial charge in [-0.3, -0.25) is 0 Å². The van der Waals surface area contributed by atoms with Crippen molar-refractivity contribution >= 4 is 11.8 Å². The van der Waals surface area contributed by atoms with Gasteiger partial charge in [-0.05, 0) is 48.4 Å². The molecule has 1 aliphatic rings. The molecule has 0 aliphatic carbocycles. The molecule has 0 radical (unpaired) electrons. The topological polar surface area (TPSA) is 18.5 Å². The van der Waals surface area contributed by atoms with E-state index in [2.05, 4.69) is 31.2 Å². The Balaban J connectivity index is 2.00. The van der Waals surface area contributed by atoms with E-state index in [0.29, 0.717) is 0 Å². The number of rotatable bonds is 2. The van der Waals surface area contributed by atoms with E-state index in [1.165, 1.54) is 11.1 Å². The van der Waals surface area contributed by atoms with Crippen LogP contribution in [0, 0.1) is 0 Å². The van der Waals surface area contributed by atoms with Gasteiger partial charge in [0.05, 0.1) is 7.11 Å². The zero-order valence-corrected chi connectivity index (χ0v) is 11.1. The lowest BCUT2D eigenvalue weighted by Gasteiger charge is -2.24. The second kappa shape index (κ2) is 4.81. The van der Waals surface area contributed by atoms with Crippen LogP contribution in [-0.2, 0) is 4.74 Å². The van der Waals surface area contributed by atoms with E-state index in [1.54, 1.807) is 7.11 Å². The van der Waals surface area contributed by atoms with Crippen molar-refractivity contribution in [2.24, 2.45) is 0 Å². The Labute approximate surface area is 113 Å². The van der Waals surface area contributed by atoms with Gasteiger partial charge >= 0.3 is 0 Å². The molecule has 1 atom stereocenters. The number of methoxy groups -OCH3 is 1. The fourth-order valence-electron chi connectivity index (χ4n) is 2.35. The molecule has 2 heteroatoms. The Bertz CT molecular complexity index is 611. The van der Waals surface area contributed by atoms with E-state index >= 15 is 0 Å². The van der Waals surface area contributed by atoms with Crippen molar-refractivity contribution in [2.45, 2.75) is 13.0 Å². The zero-order chi connectivity index (χ0) is 13.2. The van der Waals surface area contributed by atoms with Gasteiger partial charge in [-0.15, -0.1) is 0 Å². The summed E-state index contributed by atoms with van der Waals surface area (Å²) in [5, 5.41) is 0. The van der Waals surface area contributed by atoms with Crippen LogP contribution in [0.1, 0.15) is 29.7 Å². The smallest absolute Gasteiger partial charge is 0.128 e. The summed E-state index contributed by atoms with van der Waals surface area (Å²) in [6, 6.07) is 16.3. The third-order valence-corrected chi connectivity index (χ3v) is 3.40. The van der Waals surface area contributed by atoms with E-state index in [4.69, 9.17) is 9.47 Å². The van der Waals surface area contributed by atoms with Crippen LogP contribution >= 0.6 is 0 Å². The van der Waals surface area contributed by atoms with Crippen LogP contribution in [0.5, 0.6) is 5.75 Å². The molecule has 2 aromatic carbocycles. The van der Waals surface area contributed by atoms with Crippen molar-refractivity contribution in [1.82, 2.24) is 0 Å². The van der Waals surface area contributed by atoms with Crippen molar-refractivity contribution < 1.29 is 9.47 Å². The second-order valence-corrected chi connectivity index (χ2v) is 4.63. The molecule has 3 rings (SSSR count). The average molecular weight is 252 g/mol. The summed E-state index contributed by atoms with van der Waals surface area (Å²) < 4.78 is 11.2. The predicted molar refractivity (Wildman–Crippen MR) is 76.8 cm³/mol. The van der Waals surface area contributed by atoms with Crippen LogP contribution in [0.15, 0.2) is 48.5 Å². The largest absolute Gasteiger partial charge is 0.497 e. The molecule has 0 amide bonds. The molecule has 96 valence electrons. The number of fused-ring (bicyclic) bond motifs is 1. The summed E-state index contributed by atoms with van der Waals surface area (Å²) in [5.41, 5.74) is 3.54. The molecule has 2 aromatic rings. The van der Waals surface area contributed by atoms with Gasteiger partial charge in [0.25, 0.3) is 0 Å². The van der Waals surface area contributed by atoms with Crippen LogP contribution in [0.4, 0.5) is 0 Å². The molecule has 19 heavy (non-hydrogen) atoms. The van der Waals surface area contributed by atoms with Gasteiger partial charge in [0.15, 0.2) is 0 Å².